The molecule has 3 N–H and O–H groups in total. The van der Waals surface area contributed by atoms with Crippen molar-refractivity contribution < 1.29 is 24.2 Å². The number of aromatic amines is 1. The summed E-state index contributed by atoms with van der Waals surface area (Å²) >= 11 is 0. The summed E-state index contributed by atoms with van der Waals surface area (Å²) in [5.41, 5.74) is 2.17. The first kappa shape index (κ1) is 24.5. The lowest BCUT2D eigenvalue weighted by Gasteiger charge is -2.36. The average molecular weight is 488 g/mol. The molecule has 2 heterocycles. The van der Waals surface area contributed by atoms with Crippen LogP contribution < -0.4 is 10.1 Å². The van der Waals surface area contributed by atoms with Gasteiger partial charge in [0.1, 0.15) is 24.4 Å². The lowest BCUT2D eigenvalue weighted by atomic mass is 9.97. The molecule has 1 aliphatic heterocycles. The van der Waals surface area contributed by atoms with Gasteiger partial charge in [-0.05, 0) is 23.8 Å². The van der Waals surface area contributed by atoms with Crippen molar-refractivity contribution in [2.45, 2.75) is 37.9 Å². The van der Waals surface area contributed by atoms with Crippen LogP contribution in [0, 0.1) is 11.3 Å². The lowest BCUT2D eigenvalue weighted by Crippen LogP contribution is -2.56. The Bertz CT molecular complexity index is 1290. The van der Waals surface area contributed by atoms with Crippen LogP contribution in [0.5, 0.6) is 5.75 Å². The summed E-state index contributed by atoms with van der Waals surface area (Å²) in [6.07, 6.45) is 3.11. The summed E-state index contributed by atoms with van der Waals surface area (Å²) in [6, 6.07) is 12.9. The molecule has 2 aromatic carbocycles. The molecule has 1 aliphatic rings. The molecule has 10 heteroatoms. The Kier molecular flexibility index (Phi) is 7.30. The van der Waals surface area contributed by atoms with E-state index in [1.807, 2.05) is 30.3 Å². The topological polar surface area (TPSA) is 148 Å². The molecule has 36 heavy (non-hydrogen) atoms. The molecule has 10 nitrogen and oxygen atoms in total. The van der Waals surface area contributed by atoms with Gasteiger partial charge in [0.25, 0.3) is 0 Å². The first-order valence-electron chi connectivity index (χ1n) is 11.4. The van der Waals surface area contributed by atoms with Crippen molar-refractivity contribution in [3.8, 4) is 11.8 Å². The van der Waals surface area contributed by atoms with Gasteiger partial charge in [-0.25, -0.2) is 9.78 Å². The van der Waals surface area contributed by atoms with E-state index in [0.717, 1.165) is 5.56 Å². The van der Waals surface area contributed by atoms with Crippen molar-refractivity contribution in [2.75, 3.05) is 6.61 Å². The molecule has 1 unspecified atom stereocenters. The molecule has 0 fully saturated rings. The van der Waals surface area contributed by atoms with Crippen molar-refractivity contribution in [2.24, 2.45) is 0 Å². The Hall–Kier alpha value is -4.65. The van der Waals surface area contributed by atoms with Gasteiger partial charge < -0.3 is 25.0 Å². The van der Waals surface area contributed by atoms with E-state index in [-0.39, 0.29) is 19.4 Å². The number of imidazole rings is 1. The normalized spacial score (nSPS) is 15.6. The predicted octanol–water partition coefficient (Wildman–Crippen LogP) is 1.99. The maximum atomic E-state index is 14.1. The second-order valence-electron chi connectivity index (χ2n) is 8.50. The number of carbonyl (C=O) groups is 3. The number of carboxylic acids is 1. The van der Waals surface area contributed by atoms with Crippen LogP contribution in [0.4, 0.5) is 0 Å². The number of ether oxygens (including phenoxy) is 1. The zero-order chi connectivity index (χ0) is 25.7. The Balaban J connectivity index is 1.78. The number of benzene rings is 2. The molecule has 3 aromatic rings. The van der Waals surface area contributed by atoms with E-state index in [9.17, 15) is 24.8 Å². The van der Waals surface area contributed by atoms with E-state index < -0.39 is 35.9 Å². The van der Waals surface area contributed by atoms with Crippen molar-refractivity contribution in [3.63, 3.8) is 0 Å². The van der Waals surface area contributed by atoms with Crippen LogP contribution in [-0.4, -0.2) is 56.4 Å². The highest BCUT2D eigenvalue weighted by Crippen LogP contribution is 2.38. The minimum Gasteiger partial charge on any atom is -0.491 e. The monoisotopic (exact) mass is 487 g/mol. The van der Waals surface area contributed by atoms with Gasteiger partial charge in [-0.3, -0.25) is 9.59 Å². The number of aliphatic carboxylic acids is 1. The van der Waals surface area contributed by atoms with Crippen LogP contribution in [0.3, 0.4) is 0 Å². The zero-order valence-corrected chi connectivity index (χ0v) is 19.5. The smallest absolute Gasteiger partial charge is 0.326 e. The first-order valence-corrected chi connectivity index (χ1v) is 11.4. The predicted molar refractivity (Wildman–Crippen MR) is 128 cm³/mol. The molecule has 3 atom stereocenters. The Labute approximate surface area is 207 Å². The fraction of sp³-hybridized carbons (Fsp3) is 0.269. The van der Waals surface area contributed by atoms with E-state index in [0.29, 0.717) is 22.6 Å². The highest BCUT2D eigenvalue weighted by Gasteiger charge is 2.43. The van der Waals surface area contributed by atoms with Crippen molar-refractivity contribution >= 4 is 17.8 Å². The highest BCUT2D eigenvalue weighted by atomic mass is 16.5. The number of H-pyrrole nitrogens is 1. The number of nitriles is 1. The van der Waals surface area contributed by atoms with Gasteiger partial charge in [-0.2, -0.15) is 5.26 Å². The zero-order valence-electron chi connectivity index (χ0n) is 19.5. The van der Waals surface area contributed by atoms with Gasteiger partial charge in [0.05, 0.1) is 29.7 Å². The Morgan fingerprint density at radius 1 is 1.25 bits per heavy atom. The molecule has 4 rings (SSSR count). The second kappa shape index (κ2) is 10.7. The Morgan fingerprint density at radius 3 is 2.67 bits per heavy atom. The SMILES string of the molecule is CC(=O)NC(Cc1ccccc1)C(=O)N([C@@H]1COc2ccc(C#N)cc21)[C@@H](Cc1c[nH]cn1)C(=O)O. The number of amides is 2. The molecule has 1 aromatic heterocycles. The lowest BCUT2D eigenvalue weighted by molar-refractivity contribution is -0.154. The number of rotatable bonds is 9. The number of fused-ring (bicyclic) bond motifs is 1. The first-order chi connectivity index (χ1) is 17.4. The van der Waals surface area contributed by atoms with Crippen molar-refractivity contribution in [1.82, 2.24) is 20.2 Å². The molecular formula is C26H25N5O5. The number of nitrogens with one attached hydrogen (secondary N) is 2. The summed E-state index contributed by atoms with van der Waals surface area (Å²) in [5.74, 6) is -1.74. The van der Waals surface area contributed by atoms with E-state index in [1.54, 1.807) is 24.4 Å². The number of hydrogen-bond donors (Lipinski definition) is 3. The van der Waals surface area contributed by atoms with Gasteiger partial charge in [0.2, 0.25) is 11.8 Å². The van der Waals surface area contributed by atoms with E-state index in [2.05, 4.69) is 21.4 Å². The van der Waals surface area contributed by atoms with Gasteiger partial charge >= 0.3 is 5.97 Å². The number of hydrogen-bond acceptors (Lipinski definition) is 6. The third-order valence-corrected chi connectivity index (χ3v) is 6.02. The van der Waals surface area contributed by atoms with Crippen LogP contribution in [0.1, 0.15) is 35.3 Å². The third kappa shape index (κ3) is 5.36. The van der Waals surface area contributed by atoms with Crippen LogP contribution in [0.25, 0.3) is 0 Å². The summed E-state index contributed by atoms with van der Waals surface area (Å²) in [5, 5.41) is 22.3. The van der Waals surface area contributed by atoms with Crippen LogP contribution in [-0.2, 0) is 27.2 Å². The molecule has 0 saturated heterocycles. The molecule has 0 spiro atoms. The van der Waals surface area contributed by atoms with Gasteiger partial charge in [-0.1, -0.05) is 30.3 Å². The Morgan fingerprint density at radius 2 is 2.03 bits per heavy atom. The molecule has 0 aliphatic carbocycles. The van der Waals surface area contributed by atoms with Crippen molar-refractivity contribution in [3.05, 3.63) is 83.4 Å². The average Bonchev–Trinajstić information content (AvgIpc) is 3.53. The summed E-state index contributed by atoms with van der Waals surface area (Å²) < 4.78 is 5.78. The fourth-order valence-corrected chi connectivity index (χ4v) is 4.40. The van der Waals surface area contributed by atoms with Gasteiger partial charge in [-0.15, -0.1) is 0 Å². The summed E-state index contributed by atoms with van der Waals surface area (Å²) in [6.45, 7) is 1.32. The molecule has 0 saturated carbocycles. The molecule has 0 radical (unpaired) electrons. The van der Waals surface area contributed by atoms with E-state index in [4.69, 9.17) is 4.74 Å². The number of carboxylic acid groups (broad SMARTS) is 1. The standard InChI is InChI=1S/C26H25N5O5/c1-16(32)30-21(10-17-5-3-2-4-6-17)25(33)31(22(26(34)35)11-19-13-28-15-29-19)23-14-36-24-8-7-18(12-27)9-20(23)24/h2-9,13,15,21-23H,10-11,14H2,1H3,(H,28,29)(H,30,32)(H,34,35)/t21?,22-,23+/m0/s1. The van der Waals surface area contributed by atoms with E-state index in [1.165, 1.54) is 18.2 Å². The molecule has 2 amide bonds. The minimum atomic E-state index is -1.31. The van der Waals surface area contributed by atoms with Crippen LogP contribution >= 0.6 is 0 Å². The van der Waals surface area contributed by atoms with Crippen LogP contribution in [0.2, 0.25) is 0 Å². The second-order valence-corrected chi connectivity index (χ2v) is 8.50. The molecule has 0 bridgehead atoms. The number of carbonyl (C=O) groups excluding carboxylic acids is 2. The third-order valence-electron chi connectivity index (χ3n) is 6.02. The van der Waals surface area contributed by atoms with E-state index >= 15 is 0 Å². The van der Waals surface area contributed by atoms with Gasteiger partial charge in [0.15, 0.2) is 0 Å². The minimum absolute atomic E-state index is 0.0123. The van der Waals surface area contributed by atoms with Crippen LogP contribution in [0.15, 0.2) is 61.1 Å². The number of nitrogens with zero attached hydrogens (tertiary/aromatic N) is 3. The summed E-state index contributed by atoms with van der Waals surface area (Å²) in [4.78, 5) is 46.9. The highest BCUT2D eigenvalue weighted by molar-refractivity contribution is 5.91. The fourth-order valence-electron chi connectivity index (χ4n) is 4.40. The maximum absolute atomic E-state index is 14.1. The maximum Gasteiger partial charge on any atom is 0.326 e. The van der Waals surface area contributed by atoms with Crippen molar-refractivity contribution in [1.29, 1.82) is 5.26 Å². The summed E-state index contributed by atoms with van der Waals surface area (Å²) in [7, 11) is 0. The van der Waals surface area contributed by atoms with Gasteiger partial charge in [0, 0.05) is 31.5 Å². The quantitative estimate of drug-likeness (QED) is 0.418. The largest absolute Gasteiger partial charge is 0.491 e. The number of aromatic nitrogens is 2. The molecule has 184 valence electrons. The molecular weight excluding hydrogens is 462 g/mol.